The van der Waals surface area contributed by atoms with Crippen molar-refractivity contribution in [3.63, 3.8) is 0 Å². The van der Waals surface area contributed by atoms with E-state index in [-0.39, 0.29) is 31.0 Å². The van der Waals surface area contributed by atoms with Crippen LogP contribution in [0.2, 0.25) is 0 Å². The van der Waals surface area contributed by atoms with Gasteiger partial charge >= 0.3 is 6.03 Å². The molecule has 1 aliphatic rings. The first-order valence-corrected chi connectivity index (χ1v) is 11.2. The fraction of sp³-hybridized carbons (Fsp3) is 0.259. The van der Waals surface area contributed by atoms with Crippen LogP contribution in [0.4, 0.5) is 14.9 Å². The topological polar surface area (TPSA) is 72.9 Å². The van der Waals surface area contributed by atoms with Gasteiger partial charge in [0, 0.05) is 25.2 Å². The molecule has 1 saturated heterocycles. The Bertz CT molecular complexity index is 1160. The zero-order valence-corrected chi connectivity index (χ0v) is 19.2. The minimum Gasteiger partial charge on any atom is -0.394 e. The molecule has 2 N–H and O–H groups in total. The lowest BCUT2D eigenvalue weighted by atomic mass is 9.82. The number of hydrogen-bond donors (Lipinski definition) is 2. The first kappa shape index (κ1) is 23.4. The third-order valence-corrected chi connectivity index (χ3v) is 6.38. The molecule has 0 aromatic heterocycles. The highest BCUT2D eigenvalue weighted by Crippen LogP contribution is 2.35. The van der Waals surface area contributed by atoms with Gasteiger partial charge in [-0.25, -0.2) is 9.18 Å². The minimum absolute atomic E-state index is 0.0400. The molecule has 2 atom stereocenters. The van der Waals surface area contributed by atoms with Crippen molar-refractivity contribution < 1.29 is 19.1 Å². The summed E-state index contributed by atoms with van der Waals surface area (Å²) < 4.78 is 13.0. The molecule has 0 unspecified atom stereocenters. The van der Waals surface area contributed by atoms with Crippen molar-refractivity contribution in [3.05, 3.63) is 89.7 Å². The number of nitrogens with zero attached hydrogens (tertiary/aromatic N) is 2. The van der Waals surface area contributed by atoms with Crippen molar-refractivity contribution in [1.82, 2.24) is 9.80 Å². The Morgan fingerprint density at radius 1 is 1.06 bits per heavy atom. The molecule has 7 heteroatoms. The summed E-state index contributed by atoms with van der Waals surface area (Å²) in [6.45, 7) is 2.29. The van der Waals surface area contributed by atoms with E-state index in [2.05, 4.69) is 48.6 Å². The Hall–Kier alpha value is -3.71. The number of likely N-dealkylation sites (N-methyl/N-ethyl adjacent to an activating group) is 1. The SMILES string of the molecule is Cc1ccccc1-c1ccc([C@@H]2CN(C(=O)CN(C)C(=O)Nc3ccc(F)cc3)[C@@H]2CO)cc1. The Morgan fingerprint density at radius 3 is 2.38 bits per heavy atom. The number of anilines is 1. The second kappa shape index (κ2) is 10.1. The number of amides is 3. The maximum atomic E-state index is 13.0. The quantitative estimate of drug-likeness (QED) is 0.576. The highest BCUT2D eigenvalue weighted by atomic mass is 19.1. The molecule has 1 aliphatic heterocycles. The molecule has 0 spiro atoms. The summed E-state index contributed by atoms with van der Waals surface area (Å²) in [7, 11) is 1.52. The summed E-state index contributed by atoms with van der Waals surface area (Å²) in [6, 6.07) is 21.1. The number of urea groups is 1. The van der Waals surface area contributed by atoms with Crippen LogP contribution in [0.25, 0.3) is 11.1 Å². The van der Waals surface area contributed by atoms with E-state index in [1.54, 1.807) is 4.90 Å². The van der Waals surface area contributed by atoms with Crippen LogP contribution >= 0.6 is 0 Å². The first-order chi connectivity index (χ1) is 16.4. The van der Waals surface area contributed by atoms with Gasteiger partial charge in [0.05, 0.1) is 12.6 Å². The van der Waals surface area contributed by atoms with Gasteiger partial charge in [-0.1, -0.05) is 48.5 Å². The van der Waals surface area contributed by atoms with E-state index >= 15 is 0 Å². The van der Waals surface area contributed by atoms with Gasteiger partial charge in [0.25, 0.3) is 0 Å². The Kier molecular flexibility index (Phi) is 6.93. The van der Waals surface area contributed by atoms with Crippen LogP contribution in [0.1, 0.15) is 17.0 Å². The summed E-state index contributed by atoms with van der Waals surface area (Å²) in [5.41, 5.74) is 5.03. The molecule has 1 fully saturated rings. The molecule has 3 aromatic rings. The number of aliphatic hydroxyl groups is 1. The van der Waals surface area contributed by atoms with Crippen molar-refractivity contribution >= 4 is 17.6 Å². The monoisotopic (exact) mass is 461 g/mol. The third-order valence-electron chi connectivity index (χ3n) is 6.38. The molecule has 0 radical (unpaired) electrons. The van der Waals surface area contributed by atoms with E-state index in [0.29, 0.717) is 12.2 Å². The van der Waals surface area contributed by atoms with Gasteiger partial charge in [0.15, 0.2) is 0 Å². The molecule has 0 aliphatic carbocycles. The standard InChI is InChI=1S/C27H28FN3O3/c1-18-5-3-4-6-23(18)19-7-9-20(10-8-19)24-15-31(25(24)17-32)26(33)16-30(2)27(34)29-22-13-11-21(28)12-14-22/h3-14,24-25,32H,15-17H2,1-2H3,(H,29,34)/t24-,25+/m0/s1. The van der Waals surface area contributed by atoms with E-state index in [0.717, 1.165) is 11.1 Å². The van der Waals surface area contributed by atoms with E-state index in [9.17, 15) is 19.1 Å². The highest BCUT2D eigenvalue weighted by molar-refractivity contribution is 5.92. The molecule has 34 heavy (non-hydrogen) atoms. The van der Waals surface area contributed by atoms with Gasteiger partial charge in [-0.2, -0.15) is 0 Å². The second-order valence-electron chi connectivity index (χ2n) is 8.63. The predicted molar refractivity (Wildman–Crippen MR) is 130 cm³/mol. The maximum Gasteiger partial charge on any atom is 0.322 e. The second-order valence-corrected chi connectivity index (χ2v) is 8.63. The number of likely N-dealkylation sites (tertiary alicyclic amines) is 1. The predicted octanol–water partition coefficient (Wildman–Crippen LogP) is 4.25. The smallest absolute Gasteiger partial charge is 0.322 e. The number of benzene rings is 3. The van der Waals surface area contributed by atoms with Crippen molar-refractivity contribution in [2.45, 2.75) is 18.9 Å². The Balaban J connectivity index is 1.35. The Morgan fingerprint density at radius 2 is 1.74 bits per heavy atom. The summed E-state index contributed by atoms with van der Waals surface area (Å²) in [4.78, 5) is 28.1. The van der Waals surface area contributed by atoms with Gasteiger partial charge in [-0.05, 0) is 53.4 Å². The zero-order chi connectivity index (χ0) is 24.2. The number of rotatable bonds is 6. The van der Waals surface area contributed by atoms with E-state index < -0.39 is 11.8 Å². The van der Waals surface area contributed by atoms with Crippen LogP contribution in [-0.4, -0.2) is 59.6 Å². The number of aliphatic hydroxyl groups excluding tert-OH is 1. The highest BCUT2D eigenvalue weighted by Gasteiger charge is 2.42. The minimum atomic E-state index is -0.468. The lowest BCUT2D eigenvalue weighted by Crippen LogP contribution is -2.60. The average molecular weight is 462 g/mol. The maximum absolute atomic E-state index is 13.0. The van der Waals surface area contributed by atoms with E-state index in [4.69, 9.17) is 0 Å². The van der Waals surface area contributed by atoms with Crippen LogP contribution in [0.3, 0.4) is 0 Å². The number of halogens is 1. The van der Waals surface area contributed by atoms with Crippen LogP contribution in [0.5, 0.6) is 0 Å². The van der Waals surface area contributed by atoms with E-state index in [1.165, 1.54) is 47.3 Å². The van der Waals surface area contributed by atoms with E-state index in [1.807, 2.05) is 12.1 Å². The molecule has 3 aromatic carbocycles. The molecular weight excluding hydrogens is 433 g/mol. The number of carbonyl (C=O) groups excluding carboxylic acids is 2. The number of carbonyl (C=O) groups is 2. The van der Waals surface area contributed by atoms with Crippen molar-refractivity contribution in [2.24, 2.45) is 0 Å². The van der Waals surface area contributed by atoms with Gasteiger partial charge < -0.3 is 20.2 Å². The van der Waals surface area contributed by atoms with Gasteiger partial charge in [0.1, 0.15) is 12.4 Å². The normalized spacial score (nSPS) is 17.1. The molecule has 0 saturated carbocycles. The van der Waals surface area contributed by atoms with Crippen LogP contribution < -0.4 is 5.32 Å². The summed E-state index contributed by atoms with van der Waals surface area (Å²) in [6.07, 6.45) is 0. The number of aryl methyl sites for hydroxylation is 1. The summed E-state index contributed by atoms with van der Waals surface area (Å²) in [5, 5.41) is 12.6. The number of nitrogens with one attached hydrogen (secondary N) is 1. The van der Waals surface area contributed by atoms with Crippen molar-refractivity contribution in [1.29, 1.82) is 0 Å². The lowest BCUT2D eigenvalue weighted by Gasteiger charge is -2.48. The third kappa shape index (κ3) is 4.94. The zero-order valence-electron chi connectivity index (χ0n) is 19.2. The molecule has 1 heterocycles. The van der Waals surface area contributed by atoms with Gasteiger partial charge in [0.2, 0.25) is 5.91 Å². The first-order valence-electron chi connectivity index (χ1n) is 11.2. The van der Waals surface area contributed by atoms with Crippen LogP contribution in [0.15, 0.2) is 72.8 Å². The molecule has 3 amide bonds. The van der Waals surface area contributed by atoms with Crippen LogP contribution in [0, 0.1) is 12.7 Å². The summed E-state index contributed by atoms with van der Waals surface area (Å²) in [5.74, 6) is -0.587. The van der Waals surface area contributed by atoms with Crippen molar-refractivity contribution in [3.8, 4) is 11.1 Å². The molecule has 0 bridgehead atoms. The molecule has 4 rings (SSSR count). The Labute approximate surface area is 198 Å². The van der Waals surface area contributed by atoms with Gasteiger partial charge in [-0.15, -0.1) is 0 Å². The molecule has 6 nitrogen and oxygen atoms in total. The lowest BCUT2D eigenvalue weighted by molar-refractivity contribution is -0.142. The van der Waals surface area contributed by atoms with Crippen molar-refractivity contribution in [2.75, 3.05) is 32.1 Å². The molecule has 176 valence electrons. The number of hydrogen-bond acceptors (Lipinski definition) is 3. The van der Waals surface area contributed by atoms with Gasteiger partial charge in [-0.3, -0.25) is 4.79 Å². The summed E-state index contributed by atoms with van der Waals surface area (Å²) >= 11 is 0. The van der Waals surface area contributed by atoms with Crippen LogP contribution in [-0.2, 0) is 4.79 Å². The average Bonchev–Trinajstić information content (AvgIpc) is 2.81. The largest absolute Gasteiger partial charge is 0.394 e. The fourth-order valence-corrected chi connectivity index (χ4v) is 4.31. The molecular formula is C27H28FN3O3. The fourth-order valence-electron chi connectivity index (χ4n) is 4.31.